The molecule has 0 spiro atoms. The topological polar surface area (TPSA) is 9.23 Å². The van der Waals surface area contributed by atoms with Gasteiger partial charge in [-0.2, -0.15) is 0 Å². The molecule has 2 rings (SSSR count). The first-order chi connectivity index (χ1) is 6.18. The van der Waals surface area contributed by atoms with Gasteiger partial charge >= 0.3 is 0 Å². The molecule has 0 heterocycles. The molecule has 0 amide bonds. The average molecular weight is 180 g/mol. The summed E-state index contributed by atoms with van der Waals surface area (Å²) in [5.74, 6) is -0.177. The Bertz CT molecular complexity index is 329. The molecule has 0 unspecified atom stereocenters. The van der Waals surface area contributed by atoms with E-state index in [1.807, 2.05) is 13.0 Å². The fraction of sp³-hybridized carbons (Fsp3) is 0.455. The molecule has 1 aliphatic carbocycles. The highest BCUT2D eigenvalue weighted by Crippen LogP contribution is 2.49. The number of rotatable bonds is 2. The van der Waals surface area contributed by atoms with Crippen LogP contribution in [0.3, 0.4) is 0 Å². The Balaban J connectivity index is 2.44. The second-order valence-corrected chi connectivity index (χ2v) is 3.66. The van der Waals surface area contributed by atoms with E-state index in [-0.39, 0.29) is 11.4 Å². The lowest BCUT2D eigenvalue weighted by molar-refractivity contribution is 0.0781. The Hall–Kier alpha value is -0.890. The Kier molecular flexibility index (Phi) is 1.88. The predicted molar refractivity (Wildman–Crippen MR) is 49.1 cm³/mol. The summed E-state index contributed by atoms with van der Waals surface area (Å²) in [6, 6.07) is 4.89. The van der Waals surface area contributed by atoms with Gasteiger partial charge < -0.3 is 4.74 Å². The van der Waals surface area contributed by atoms with Gasteiger partial charge in [-0.3, -0.25) is 0 Å². The van der Waals surface area contributed by atoms with E-state index in [1.165, 1.54) is 6.07 Å². The number of benzene rings is 1. The number of halogens is 1. The number of hydrogen-bond donors (Lipinski definition) is 0. The predicted octanol–water partition coefficient (Wildman–Crippen LogP) is 2.77. The molecule has 0 N–H and O–H groups in total. The van der Waals surface area contributed by atoms with E-state index in [9.17, 15) is 4.39 Å². The molecule has 0 aliphatic heterocycles. The van der Waals surface area contributed by atoms with Crippen molar-refractivity contribution in [2.24, 2.45) is 0 Å². The smallest absolute Gasteiger partial charge is 0.123 e. The average Bonchev–Trinajstić information content (AvgIpc) is 2.90. The molecule has 2 heteroatoms. The minimum absolute atomic E-state index is 0.174. The lowest BCUT2D eigenvalue weighted by atomic mass is 10.0. The molecule has 1 aliphatic rings. The van der Waals surface area contributed by atoms with Crippen LogP contribution in [0, 0.1) is 12.7 Å². The van der Waals surface area contributed by atoms with Crippen molar-refractivity contribution >= 4 is 0 Å². The van der Waals surface area contributed by atoms with Crippen molar-refractivity contribution < 1.29 is 9.13 Å². The number of ether oxygens (including phenoxy) is 1. The molecule has 1 nitrogen and oxygen atoms in total. The van der Waals surface area contributed by atoms with Crippen LogP contribution in [0.4, 0.5) is 4.39 Å². The Morgan fingerprint density at radius 3 is 2.62 bits per heavy atom. The first kappa shape index (κ1) is 8.70. The monoisotopic (exact) mass is 180 g/mol. The fourth-order valence-electron chi connectivity index (χ4n) is 1.78. The summed E-state index contributed by atoms with van der Waals surface area (Å²) in [6.07, 6.45) is 2.02. The van der Waals surface area contributed by atoms with Crippen molar-refractivity contribution in [1.82, 2.24) is 0 Å². The standard InChI is InChI=1S/C11H13FO/c1-8-3-4-9(12)7-10(8)11(13-2)5-6-11/h3-4,7H,5-6H2,1-2H3. The zero-order valence-corrected chi connectivity index (χ0v) is 7.93. The maximum atomic E-state index is 13.0. The van der Waals surface area contributed by atoms with E-state index in [0.29, 0.717) is 0 Å². The normalized spacial score (nSPS) is 18.7. The van der Waals surface area contributed by atoms with Gasteiger partial charge in [0.25, 0.3) is 0 Å². The SMILES string of the molecule is COC1(c2cc(F)ccc2C)CC1. The maximum absolute atomic E-state index is 13.0. The third-order valence-corrected chi connectivity index (χ3v) is 2.79. The summed E-state index contributed by atoms with van der Waals surface area (Å²) in [7, 11) is 1.69. The molecule has 70 valence electrons. The number of hydrogen-bond acceptors (Lipinski definition) is 1. The molecular weight excluding hydrogens is 167 g/mol. The highest BCUT2D eigenvalue weighted by Gasteiger charge is 2.45. The maximum Gasteiger partial charge on any atom is 0.123 e. The van der Waals surface area contributed by atoms with E-state index >= 15 is 0 Å². The minimum atomic E-state index is -0.177. The van der Waals surface area contributed by atoms with Crippen LogP contribution in [-0.2, 0) is 10.3 Å². The van der Waals surface area contributed by atoms with Crippen molar-refractivity contribution in [3.05, 3.63) is 35.1 Å². The van der Waals surface area contributed by atoms with Crippen LogP contribution in [0.5, 0.6) is 0 Å². The molecule has 1 aromatic carbocycles. The van der Waals surface area contributed by atoms with Crippen molar-refractivity contribution in [2.75, 3.05) is 7.11 Å². The van der Waals surface area contributed by atoms with Crippen molar-refractivity contribution in [3.8, 4) is 0 Å². The third kappa shape index (κ3) is 1.35. The molecule has 0 bridgehead atoms. The van der Waals surface area contributed by atoms with Gasteiger partial charge in [-0.1, -0.05) is 6.07 Å². The first-order valence-corrected chi connectivity index (χ1v) is 4.50. The van der Waals surface area contributed by atoms with E-state index in [4.69, 9.17) is 4.74 Å². The molecule has 1 fully saturated rings. The van der Waals surface area contributed by atoms with Gasteiger partial charge in [0.15, 0.2) is 0 Å². The van der Waals surface area contributed by atoms with Crippen molar-refractivity contribution in [1.29, 1.82) is 0 Å². The second kappa shape index (κ2) is 2.81. The molecular formula is C11H13FO. The number of aryl methyl sites for hydroxylation is 1. The summed E-state index contributed by atoms with van der Waals surface area (Å²) in [5.41, 5.74) is 1.95. The quantitative estimate of drug-likeness (QED) is 0.680. The number of methoxy groups -OCH3 is 1. The van der Waals surface area contributed by atoms with Gasteiger partial charge in [0.2, 0.25) is 0 Å². The Labute approximate surface area is 77.5 Å². The van der Waals surface area contributed by atoms with Crippen LogP contribution in [0.25, 0.3) is 0 Å². The molecule has 1 saturated carbocycles. The van der Waals surface area contributed by atoms with E-state index in [0.717, 1.165) is 24.0 Å². The highest BCUT2D eigenvalue weighted by atomic mass is 19.1. The molecule has 1 aromatic rings. The summed E-state index contributed by atoms with van der Waals surface area (Å²) in [5, 5.41) is 0. The van der Waals surface area contributed by atoms with E-state index in [1.54, 1.807) is 13.2 Å². The van der Waals surface area contributed by atoms with Gasteiger partial charge in [-0.05, 0) is 43.0 Å². The highest BCUT2D eigenvalue weighted by molar-refractivity contribution is 5.35. The van der Waals surface area contributed by atoms with E-state index in [2.05, 4.69) is 0 Å². The second-order valence-electron chi connectivity index (χ2n) is 3.66. The van der Waals surface area contributed by atoms with Crippen molar-refractivity contribution in [3.63, 3.8) is 0 Å². The minimum Gasteiger partial charge on any atom is -0.374 e. The molecule has 0 saturated heterocycles. The van der Waals surface area contributed by atoms with Gasteiger partial charge in [0.05, 0.1) is 5.60 Å². The van der Waals surface area contributed by atoms with Crippen molar-refractivity contribution in [2.45, 2.75) is 25.4 Å². The van der Waals surface area contributed by atoms with Crippen LogP contribution in [-0.4, -0.2) is 7.11 Å². The largest absolute Gasteiger partial charge is 0.374 e. The lowest BCUT2D eigenvalue weighted by Crippen LogP contribution is -2.11. The summed E-state index contributed by atoms with van der Waals surface area (Å²) >= 11 is 0. The van der Waals surface area contributed by atoms with E-state index < -0.39 is 0 Å². The molecule has 13 heavy (non-hydrogen) atoms. The van der Waals surface area contributed by atoms with Crippen LogP contribution < -0.4 is 0 Å². The lowest BCUT2D eigenvalue weighted by Gasteiger charge is -2.16. The molecule has 0 aromatic heterocycles. The summed E-state index contributed by atoms with van der Waals surface area (Å²) in [4.78, 5) is 0. The van der Waals surface area contributed by atoms with Crippen LogP contribution >= 0.6 is 0 Å². The van der Waals surface area contributed by atoms with Gasteiger partial charge in [0, 0.05) is 7.11 Å². The fourth-order valence-corrected chi connectivity index (χ4v) is 1.78. The van der Waals surface area contributed by atoms with Gasteiger partial charge in [0.1, 0.15) is 5.82 Å². The van der Waals surface area contributed by atoms with Gasteiger partial charge in [-0.15, -0.1) is 0 Å². The zero-order valence-electron chi connectivity index (χ0n) is 7.93. The molecule has 0 radical (unpaired) electrons. The summed E-state index contributed by atoms with van der Waals surface area (Å²) in [6.45, 7) is 1.99. The van der Waals surface area contributed by atoms with Crippen LogP contribution in [0.1, 0.15) is 24.0 Å². The Morgan fingerprint density at radius 2 is 2.08 bits per heavy atom. The molecule has 0 atom stereocenters. The third-order valence-electron chi connectivity index (χ3n) is 2.79. The van der Waals surface area contributed by atoms with Crippen LogP contribution in [0.15, 0.2) is 18.2 Å². The van der Waals surface area contributed by atoms with Gasteiger partial charge in [-0.25, -0.2) is 4.39 Å². The Morgan fingerprint density at radius 1 is 1.38 bits per heavy atom. The van der Waals surface area contributed by atoms with Crippen LogP contribution in [0.2, 0.25) is 0 Å². The summed E-state index contributed by atoms with van der Waals surface area (Å²) < 4.78 is 18.4. The first-order valence-electron chi connectivity index (χ1n) is 4.50. The zero-order chi connectivity index (χ0) is 9.47.